The Bertz CT molecular complexity index is 441. The molecule has 1 aliphatic carbocycles. The quantitative estimate of drug-likeness (QED) is 0.845. The van der Waals surface area contributed by atoms with Crippen LogP contribution in [0.15, 0.2) is 22.7 Å². The average Bonchev–Trinajstić information content (AvgIpc) is 2.27. The van der Waals surface area contributed by atoms with Gasteiger partial charge in [0.2, 0.25) is 0 Å². The highest BCUT2D eigenvalue weighted by molar-refractivity contribution is 9.10. The van der Waals surface area contributed by atoms with Crippen LogP contribution in [0.1, 0.15) is 24.8 Å². The van der Waals surface area contributed by atoms with Gasteiger partial charge in [0, 0.05) is 28.8 Å². The highest BCUT2D eigenvalue weighted by Crippen LogP contribution is 2.37. The highest BCUT2D eigenvalue weighted by Gasteiger charge is 2.39. The number of rotatable bonds is 5. The lowest BCUT2D eigenvalue weighted by molar-refractivity contribution is 0.0258. The molecule has 106 valence electrons. The molecular weight excluding hydrogens is 302 g/mol. The number of likely N-dealkylation sites (N-methyl/N-ethyl adjacent to an activating group) is 2. The van der Waals surface area contributed by atoms with Crippen molar-refractivity contribution in [1.29, 1.82) is 0 Å². The van der Waals surface area contributed by atoms with Crippen molar-refractivity contribution >= 4 is 21.6 Å². The zero-order chi connectivity index (χ0) is 14.0. The maximum absolute atomic E-state index is 5.78. The molecule has 4 heteroatoms. The maximum Gasteiger partial charge on any atom is 0.0330 e. The van der Waals surface area contributed by atoms with Crippen LogP contribution in [-0.2, 0) is 6.54 Å². The van der Waals surface area contributed by atoms with Crippen molar-refractivity contribution in [3.05, 3.63) is 28.2 Å². The molecule has 1 aromatic carbocycles. The van der Waals surface area contributed by atoms with Crippen LogP contribution < -0.4 is 5.73 Å². The van der Waals surface area contributed by atoms with E-state index in [1.54, 1.807) is 0 Å². The van der Waals surface area contributed by atoms with E-state index in [0.29, 0.717) is 5.54 Å². The van der Waals surface area contributed by atoms with Gasteiger partial charge in [-0.3, -0.25) is 0 Å². The smallest absolute Gasteiger partial charge is 0.0330 e. The molecule has 2 N–H and O–H groups in total. The van der Waals surface area contributed by atoms with E-state index in [2.05, 4.69) is 52.9 Å². The molecule has 0 radical (unpaired) electrons. The molecule has 19 heavy (non-hydrogen) atoms. The van der Waals surface area contributed by atoms with Gasteiger partial charge in [-0.05, 0) is 58.1 Å². The molecule has 0 aliphatic heterocycles. The van der Waals surface area contributed by atoms with Crippen molar-refractivity contribution in [3.63, 3.8) is 0 Å². The molecule has 1 saturated carbocycles. The molecule has 0 amide bonds. The first-order chi connectivity index (χ1) is 8.93. The van der Waals surface area contributed by atoms with E-state index in [-0.39, 0.29) is 0 Å². The Hall–Kier alpha value is -0.580. The Balaban J connectivity index is 1.99. The second-order valence-electron chi connectivity index (χ2n) is 6.00. The topological polar surface area (TPSA) is 32.5 Å². The van der Waals surface area contributed by atoms with Gasteiger partial charge in [0.05, 0.1) is 0 Å². The Morgan fingerprint density at radius 3 is 2.42 bits per heavy atom. The van der Waals surface area contributed by atoms with Crippen molar-refractivity contribution in [3.8, 4) is 0 Å². The Kier molecular flexibility index (Phi) is 4.54. The van der Waals surface area contributed by atoms with Gasteiger partial charge in [0.25, 0.3) is 0 Å². The van der Waals surface area contributed by atoms with Crippen molar-refractivity contribution in [2.24, 2.45) is 0 Å². The third-order valence-corrected chi connectivity index (χ3v) is 5.05. The van der Waals surface area contributed by atoms with Crippen LogP contribution in [0.5, 0.6) is 0 Å². The van der Waals surface area contributed by atoms with E-state index in [4.69, 9.17) is 5.73 Å². The van der Waals surface area contributed by atoms with Gasteiger partial charge in [0.1, 0.15) is 0 Å². The predicted octanol–water partition coefficient (Wildman–Crippen LogP) is 2.95. The Morgan fingerprint density at radius 1 is 1.26 bits per heavy atom. The summed E-state index contributed by atoms with van der Waals surface area (Å²) < 4.78 is 1.10. The molecule has 1 fully saturated rings. The van der Waals surface area contributed by atoms with E-state index in [1.807, 2.05) is 12.1 Å². The molecule has 0 saturated heterocycles. The SMILES string of the molecule is CN(Cc1ccc(N)cc1Br)CC1(N(C)C)CCC1. The first kappa shape index (κ1) is 14.8. The summed E-state index contributed by atoms with van der Waals surface area (Å²) in [4.78, 5) is 4.81. The summed E-state index contributed by atoms with van der Waals surface area (Å²) >= 11 is 3.60. The second-order valence-corrected chi connectivity index (χ2v) is 6.85. The molecular formula is C15H24BrN3. The Morgan fingerprint density at radius 2 is 1.95 bits per heavy atom. The number of hydrogen-bond acceptors (Lipinski definition) is 3. The van der Waals surface area contributed by atoms with E-state index >= 15 is 0 Å². The molecule has 0 unspecified atom stereocenters. The number of halogens is 1. The van der Waals surface area contributed by atoms with Crippen molar-refractivity contribution in [2.45, 2.75) is 31.3 Å². The number of nitrogens with zero attached hydrogens (tertiary/aromatic N) is 2. The normalized spacial score (nSPS) is 17.8. The van der Waals surface area contributed by atoms with Gasteiger partial charge in [0.15, 0.2) is 0 Å². The summed E-state index contributed by atoms with van der Waals surface area (Å²) in [5, 5.41) is 0. The van der Waals surface area contributed by atoms with E-state index in [9.17, 15) is 0 Å². The van der Waals surface area contributed by atoms with Gasteiger partial charge in [-0.2, -0.15) is 0 Å². The zero-order valence-corrected chi connectivity index (χ0v) is 13.7. The summed E-state index contributed by atoms with van der Waals surface area (Å²) in [7, 11) is 6.60. The fourth-order valence-electron chi connectivity index (χ4n) is 2.87. The van der Waals surface area contributed by atoms with Crippen LogP contribution in [0.3, 0.4) is 0 Å². The third kappa shape index (κ3) is 3.30. The molecule has 1 aliphatic rings. The third-order valence-electron chi connectivity index (χ3n) is 4.31. The van der Waals surface area contributed by atoms with Gasteiger partial charge in [-0.1, -0.05) is 22.0 Å². The van der Waals surface area contributed by atoms with Crippen molar-refractivity contribution in [1.82, 2.24) is 9.80 Å². The van der Waals surface area contributed by atoms with E-state index < -0.39 is 0 Å². The minimum atomic E-state index is 0.384. The number of nitrogen functional groups attached to an aromatic ring is 1. The van der Waals surface area contributed by atoms with Crippen LogP contribution >= 0.6 is 15.9 Å². The molecule has 0 heterocycles. The van der Waals surface area contributed by atoms with Crippen molar-refractivity contribution < 1.29 is 0 Å². The number of anilines is 1. The molecule has 0 aromatic heterocycles. The molecule has 1 aromatic rings. The van der Waals surface area contributed by atoms with Crippen LogP contribution in [0.25, 0.3) is 0 Å². The van der Waals surface area contributed by atoms with E-state index in [0.717, 1.165) is 23.2 Å². The first-order valence-corrected chi connectivity index (χ1v) is 7.62. The minimum absolute atomic E-state index is 0.384. The standard InChI is InChI=1S/C15H24BrN3/c1-18(2)15(7-4-8-15)11-19(3)10-12-5-6-13(17)9-14(12)16/h5-6,9H,4,7-8,10-11,17H2,1-3H3. The minimum Gasteiger partial charge on any atom is -0.399 e. The average molecular weight is 326 g/mol. The number of benzene rings is 1. The first-order valence-electron chi connectivity index (χ1n) is 6.83. The number of nitrogens with two attached hydrogens (primary N) is 1. The summed E-state index contributed by atoms with van der Waals surface area (Å²) in [6.07, 6.45) is 3.98. The molecule has 0 bridgehead atoms. The molecule has 0 spiro atoms. The van der Waals surface area contributed by atoms with Crippen LogP contribution in [0, 0.1) is 0 Å². The van der Waals surface area contributed by atoms with Crippen LogP contribution in [0.4, 0.5) is 5.69 Å². The van der Waals surface area contributed by atoms with Gasteiger partial charge in [-0.25, -0.2) is 0 Å². The molecule has 0 atom stereocenters. The lowest BCUT2D eigenvalue weighted by Gasteiger charge is -2.49. The van der Waals surface area contributed by atoms with Crippen molar-refractivity contribution in [2.75, 3.05) is 33.4 Å². The monoisotopic (exact) mass is 325 g/mol. The van der Waals surface area contributed by atoms with Crippen LogP contribution in [0.2, 0.25) is 0 Å². The van der Waals surface area contributed by atoms with Gasteiger partial charge in [-0.15, -0.1) is 0 Å². The highest BCUT2D eigenvalue weighted by atomic mass is 79.9. The summed E-state index contributed by atoms with van der Waals surface area (Å²) in [5.41, 5.74) is 8.27. The molecule has 3 nitrogen and oxygen atoms in total. The van der Waals surface area contributed by atoms with E-state index in [1.165, 1.54) is 24.8 Å². The number of hydrogen-bond donors (Lipinski definition) is 1. The lowest BCUT2D eigenvalue weighted by Crippen LogP contribution is -2.56. The lowest BCUT2D eigenvalue weighted by atomic mass is 9.75. The zero-order valence-electron chi connectivity index (χ0n) is 12.1. The van der Waals surface area contributed by atoms with Gasteiger partial charge < -0.3 is 15.5 Å². The largest absolute Gasteiger partial charge is 0.399 e. The second kappa shape index (κ2) is 5.81. The summed E-state index contributed by atoms with van der Waals surface area (Å²) in [6.45, 7) is 2.08. The summed E-state index contributed by atoms with van der Waals surface area (Å²) in [5.74, 6) is 0. The van der Waals surface area contributed by atoms with Crippen LogP contribution in [-0.4, -0.2) is 43.0 Å². The van der Waals surface area contributed by atoms with Gasteiger partial charge >= 0.3 is 0 Å². The Labute approximate surface area is 124 Å². The summed E-state index contributed by atoms with van der Waals surface area (Å²) in [6, 6.07) is 6.06. The molecule has 2 rings (SSSR count). The fourth-order valence-corrected chi connectivity index (χ4v) is 3.39. The predicted molar refractivity (Wildman–Crippen MR) is 85.2 cm³/mol. The maximum atomic E-state index is 5.78. The fraction of sp³-hybridized carbons (Fsp3) is 0.600.